The quantitative estimate of drug-likeness (QED) is 0.879. The highest BCUT2D eigenvalue weighted by Gasteiger charge is 2.00. The van der Waals surface area contributed by atoms with Gasteiger partial charge in [0.05, 0.1) is 18.2 Å². The van der Waals surface area contributed by atoms with Crippen LogP contribution in [0.25, 0.3) is 0 Å². The lowest BCUT2D eigenvalue weighted by atomic mass is 10.3. The van der Waals surface area contributed by atoms with E-state index in [1.807, 2.05) is 13.1 Å². The minimum Gasteiger partial charge on any atom is -0.364 e. The Kier molecular flexibility index (Phi) is 3.13. The van der Waals surface area contributed by atoms with Crippen LogP contribution in [-0.4, -0.2) is 9.97 Å². The maximum absolute atomic E-state index is 8.73. The summed E-state index contributed by atoms with van der Waals surface area (Å²) in [7, 11) is 0. The number of nitriles is 1. The van der Waals surface area contributed by atoms with Crippen molar-refractivity contribution in [2.75, 3.05) is 5.32 Å². The van der Waals surface area contributed by atoms with Gasteiger partial charge in [0.2, 0.25) is 0 Å². The molecule has 5 heteroatoms. The van der Waals surface area contributed by atoms with Crippen molar-refractivity contribution in [2.24, 2.45) is 0 Å². The molecule has 0 aliphatic carbocycles. The number of aromatic nitrogens is 2. The third-order valence-corrected chi connectivity index (χ3v) is 2.89. The highest BCUT2D eigenvalue weighted by molar-refractivity contribution is 7.11. The zero-order chi connectivity index (χ0) is 11.4. The van der Waals surface area contributed by atoms with Crippen LogP contribution in [0.2, 0.25) is 0 Å². The zero-order valence-corrected chi connectivity index (χ0v) is 9.58. The normalized spacial score (nSPS) is 9.75. The number of pyridine rings is 1. The second-order valence-electron chi connectivity index (χ2n) is 3.26. The molecule has 0 radical (unpaired) electrons. The van der Waals surface area contributed by atoms with E-state index in [-0.39, 0.29) is 0 Å². The molecule has 0 aromatic carbocycles. The van der Waals surface area contributed by atoms with Gasteiger partial charge in [-0.15, -0.1) is 11.3 Å². The standard InChI is InChI=1S/C11H10N4S/c1-8-6-15-11(16-8)7-14-10-4-9(5-12)2-3-13-10/h2-4,6H,7H2,1H3,(H,13,14). The van der Waals surface area contributed by atoms with Crippen molar-refractivity contribution in [1.29, 1.82) is 5.26 Å². The van der Waals surface area contributed by atoms with Gasteiger partial charge in [0.15, 0.2) is 0 Å². The van der Waals surface area contributed by atoms with Gasteiger partial charge in [-0.05, 0) is 19.1 Å². The average molecular weight is 230 g/mol. The summed E-state index contributed by atoms with van der Waals surface area (Å²) in [5.74, 6) is 0.701. The first-order valence-corrected chi connectivity index (χ1v) is 5.61. The van der Waals surface area contributed by atoms with E-state index < -0.39 is 0 Å². The Morgan fingerprint density at radius 1 is 1.50 bits per heavy atom. The Balaban J connectivity index is 2.02. The Bertz CT molecular complexity index is 527. The van der Waals surface area contributed by atoms with Crippen molar-refractivity contribution in [3.8, 4) is 6.07 Å². The SMILES string of the molecule is Cc1cnc(CNc2cc(C#N)ccn2)s1. The predicted octanol–water partition coefficient (Wildman–Crippen LogP) is 2.33. The van der Waals surface area contributed by atoms with Crippen molar-refractivity contribution < 1.29 is 0 Å². The summed E-state index contributed by atoms with van der Waals surface area (Å²) in [5, 5.41) is 12.9. The number of nitrogens with zero attached hydrogens (tertiary/aromatic N) is 3. The van der Waals surface area contributed by atoms with Crippen molar-refractivity contribution in [2.45, 2.75) is 13.5 Å². The monoisotopic (exact) mass is 230 g/mol. The van der Waals surface area contributed by atoms with Crippen LogP contribution in [-0.2, 0) is 6.54 Å². The topological polar surface area (TPSA) is 61.6 Å². The molecular weight excluding hydrogens is 220 g/mol. The third-order valence-electron chi connectivity index (χ3n) is 1.98. The minimum atomic E-state index is 0.604. The first-order valence-electron chi connectivity index (χ1n) is 4.79. The maximum atomic E-state index is 8.73. The summed E-state index contributed by atoms with van der Waals surface area (Å²) in [4.78, 5) is 9.55. The Morgan fingerprint density at radius 2 is 2.38 bits per heavy atom. The van der Waals surface area contributed by atoms with Crippen LogP contribution >= 0.6 is 11.3 Å². The van der Waals surface area contributed by atoms with E-state index in [2.05, 4.69) is 21.4 Å². The first kappa shape index (κ1) is 10.6. The fourth-order valence-electron chi connectivity index (χ4n) is 1.25. The second kappa shape index (κ2) is 4.73. The molecule has 2 rings (SSSR count). The van der Waals surface area contributed by atoms with Gasteiger partial charge in [-0.3, -0.25) is 0 Å². The van der Waals surface area contributed by atoms with Gasteiger partial charge in [0, 0.05) is 17.3 Å². The summed E-state index contributed by atoms with van der Waals surface area (Å²) < 4.78 is 0. The molecule has 0 spiro atoms. The molecule has 0 saturated heterocycles. The first-order chi connectivity index (χ1) is 7.78. The number of thiazole rings is 1. The summed E-state index contributed by atoms with van der Waals surface area (Å²) in [5.41, 5.74) is 0.604. The van der Waals surface area contributed by atoms with Gasteiger partial charge in [0.1, 0.15) is 10.8 Å². The highest BCUT2D eigenvalue weighted by Crippen LogP contribution is 2.13. The number of nitrogens with one attached hydrogen (secondary N) is 1. The summed E-state index contributed by atoms with van der Waals surface area (Å²) in [6.07, 6.45) is 3.47. The number of aryl methyl sites for hydroxylation is 1. The summed E-state index contributed by atoms with van der Waals surface area (Å²) in [6, 6.07) is 5.48. The molecule has 0 fully saturated rings. The highest BCUT2D eigenvalue weighted by atomic mass is 32.1. The Labute approximate surface area is 97.6 Å². The molecule has 2 aromatic rings. The number of anilines is 1. The molecule has 0 atom stereocenters. The molecular formula is C11H10N4S. The van der Waals surface area contributed by atoms with Gasteiger partial charge in [0.25, 0.3) is 0 Å². The van der Waals surface area contributed by atoms with E-state index in [9.17, 15) is 0 Å². The molecule has 80 valence electrons. The third kappa shape index (κ3) is 2.55. The Hall–Kier alpha value is -1.93. The zero-order valence-electron chi connectivity index (χ0n) is 8.77. The minimum absolute atomic E-state index is 0.604. The molecule has 0 aliphatic rings. The summed E-state index contributed by atoms with van der Waals surface area (Å²) >= 11 is 1.65. The van der Waals surface area contributed by atoms with Crippen LogP contribution in [0, 0.1) is 18.3 Å². The lowest BCUT2D eigenvalue weighted by Crippen LogP contribution is -2.00. The molecule has 0 unspecified atom stereocenters. The van der Waals surface area contributed by atoms with Crippen LogP contribution in [0.1, 0.15) is 15.4 Å². The van der Waals surface area contributed by atoms with E-state index >= 15 is 0 Å². The van der Waals surface area contributed by atoms with Crippen molar-refractivity contribution >= 4 is 17.2 Å². The van der Waals surface area contributed by atoms with Gasteiger partial charge in [-0.1, -0.05) is 0 Å². The van der Waals surface area contributed by atoms with Gasteiger partial charge in [-0.25, -0.2) is 9.97 Å². The van der Waals surface area contributed by atoms with Crippen LogP contribution < -0.4 is 5.32 Å². The molecule has 0 aliphatic heterocycles. The van der Waals surface area contributed by atoms with Gasteiger partial charge in [-0.2, -0.15) is 5.26 Å². The molecule has 16 heavy (non-hydrogen) atoms. The van der Waals surface area contributed by atoms with E-state index in [1.165, 1.54) is 4.88 Å². The lowest BCUT2D eigenvalue weighted by Gasteiger charge is -2.02. The molecule has 2 heterocycles. The van der Waals surface area contributed by atoms with Crippen LogP contribution in [0.3, 0.4) is 0 Å². The van der Waals surface area contributed by atoms with Crippen molar-refractivity contribution in [1.82, 2.24) is 9.97 Å². The van der Waals surface area contributed by atoms with Crippen molar-refractivity contribution in [3.05, 3.63) is 40.0 Å². The van der Waals surface area contributed by atoms with E-state index in [4.69, 9.17) is 5.26 Å². The molecule has 1 N–H and O–H groups in total. The fraction of sp³-hybridized carbons (Fsp3) is 0.182. The second-order valence-corrected chi connectivity index (χ2v) is 4.58. The van der Waals surface area contributed by atoms with E-state index in [1.54, 1.807) is 29.7 Å². The van der Waals surface area contributed by atoms with E-state index in [0.717, 1.165) is 5.01 Å². The number of rotatable bonds is 3. The molecule has 4 nitrogen and oxygen atoms in total. The largest absolute Gasteiger partial charge is 0.364 e. The lowest BCUT2D eigenvalue weighted by molar-refractivity contribution is 1.08. The van der Waals surface area contributed by atoms with Crippen LogP contribution in [0.4, 0.5) is 5.82 Å². The van der Waals surface area contributed by atoms with E-state index in [0.29, 0.717) is 17.9 Å². The number of hydrogen-bond donors (Lipinski definition) is 1. The fourth-order valence-corrected chi connectivity index (χ4v) is 1.97. The van der Waals surface area contributed by atoms with Gasteiger partial charge < -0.3 is 5.32 Å². The predicted molar refractivity (Wildman–Crippen MR) is 63.1 cm³/mol. The molecule has 0 amide bonds. The molecule has 0 saturated carbocycles. The smallest absolute Gasteiger partial charge is 0.127 e. The summed E-state index contributed by atoms with van der Waals surface area (Å²) in [6.45, 7) is 2.66. The molecule has 0 bridgehead atoms. The van der Waals surface area contributed by atoms with Crippen LogP contribution in [0.5, 0.6) is 0 Å². The average Bonchev–Trinajstić information content (AvgIpc) is 2.73. The molecule has 2 aromatic heterocycles. The van der Waals surface area contributed by atoms with Gasteiger partial charge >= 0.3 is 0 Å². The maximum Gasteiger partial charge on any atom is 0.127 e. The van der Waals surface area contributed by atoms with Crippen LogP contribution in [0.15, 0.2) is 24.5 Å². The Morgan fingerprint density at radius 3 is 3.06 bits per heavy atom. The van der Waals surface area contributed by atoms with Crippen molar-refractivity contribution in [3.63, 3.8) is 0 Å². The number of hydrogen-bond acceptors (Lipinski definition) is 5.